The maximum atomic E-state index is 13.1. The van der Waals surface area contributed by atoms with Crippen LogP contribution in [0.4, 0.5) is 22.0 Å². The van der Waals surface area contributed by atoms with Gasteiger partial charge in [-0.05, 0) is 70.4 Å². The number of nitrogens with one attached hydrogen (secondary N) is 4. The lowest BCUT2D eigenvalue weighted by molar-refractivity contribution is -0.0420. The van der Waals surface area contributed by atoms with Gasteiger partial charge in [0.25, 0.3) is 5.56 Å². The van der Waals surface area contributed by atoms with Gasteiger partial charge >= 0.3 is 6.09 Å². The van der Waals surface area contributed by atoms with Crippen LogP contribution >= 0.6 is 0 Å². The van der Waals surface area contributed by atoms with Gasteiger partial charge in [0.15, 0.2) is 0 Å². The number of allylic oxidation sites excluding steroid dienone is 1. The van der Waals surface area contributed by atoms with Crippen molar-refractivity contribution in [1.29, 1.82) is 10.8 Å². The van der Waals surface area contributed by atoms with E-state index in [4.69, 9.17) is 15.6 Å². The molecule has 0 spiro atoms. The lowest BCUT2D eigenvalue weighted by Crippen LogP contribution is -2.50. The molecule has 5 N–H and O–H groups in total. The number of likely N-dealkylation sites (tertiary alicyclic amines) is 1. The Hall–Kier alpha value is -3.99. The summed E-state index contributed by atoms with van der Waals surface area (Å²) in [7, 11) is 0. The molecule has 1 aliphatic rings. The second-order valence-electron chi connectivity index (χ2n) is 10.2. The first-order chi connectivity index (χ1) is 17.4. The lowest BCUT2D eigenvalue weighted by atomic mass is 9.91. The number of rotatable bonds is 8. The van der Waals surface area contributed by atoms with E-state index in [1.54, 1.807) is 44.0 Å². The molecule has 0 saturated carbocycles. The molecule has 11 nitrogen and oxygen atoms in total. The quantitative estimate of drug-likeness (QED) is 0.340. The first-order valence-corrected chi connectivity index (χ1v) is 12.0. The highest BCUT2D eigenvalue weighted by atomic mass is 16.6. The SMILES string of the molecule is C/C(C=N)=C/Nc1ccc(Nc2ncn(CC3(O)CCN(C(=O)OC(C)(C)C)CC3)c(=O)c2C=N)cc1. The van der Waals surface area contributed by atoms with Gasteiger partial charge < -0.3 is 36.2 Å². The van der Waals surface area contributed by atoms with Crippen LogP contribution in [0.5, 0.6) is 0 Å². The van der Waals surface area contributed by atoms with Gasteiger partial charge in [0, 0.05) is 43.1 Å². The van der Waals surface area contributed by atoms with Crippen LogP contribution in [0.1, 0.15) is 46.1 Å². The molecule has 11 heteroatoms. The Kier molecular flexibility index (Phi) is 8.49. The van der Waals surface area contributed by atoms with E-state index in [-0.39, 0.29) is 30.8 Å². The summed E-state index contributed by atoms with van der Waals surface area (Å²) in [5.41, 5.74) is 0.129. The summed E-state index contributed by atoms with van der Waals surface area (Å²) in [4.78, 5) is 31.3. The van der Waals surface area contributed by atoms with Gasteiger partial charge in [-0.2, -0.15) is 0 Å². The molecule has 1 aliphatic heterocycles. The summed E-state index contributed by atoms with van der Waals surface area (Å²) >= 11 is 0. The third-order valence-electron chi connectivity index (χ3n) is 5.87. The van der Waals surface area contributed by atoms with Gasteiger partial charge in [0.05, 0.1) is 18.5 Å². The molecule has 198 valence electrons. The molecule has 1 aromatic heterocycles. The Labute approximate surface area is 216 Å². The molecular weight excluding hydrogens is 474 g/mol. The highest BCUT2D eigenvalue weighted by molar-refractivity contribution is 5.85. The number of carbonyl (C=O) groups is 1. The maximum absolute atomic E-state index is 13.1. The topological polar surface area (TPSA) is 156 Å². The normalized spacial score (nSPS) is 15.6. The predicted molar refractivity (Wildman–Crippen MR) is 144 cm³/mol. The van der Waals surface area contributed by atoms with Crippen molar-refractivity contribution in [1.82, 2.24) is 14.5 Å². The fraction of sp³-hybridized carbons (Fsp3) is 0.423. The van der Waals surface area contributed by atoms with Gasteiger partial charge in [-0.1, -0.05) is 0 Å². The number of anilines is 3. The number of aromatic nitrogens is 2. The molecule has 1 saturated heterocycles. The summed E-state index contributed by atoms with van der Waals surface area (Å²) in [6.45, 7) is 7.85. The monoisotopic (exact) mass is 509 g/mol. The summed E-state index contributed by atoms with van der Waals surface area (Å²) < 4.78 is 6.71. The third kappa shape index (κ3) is 7.50. The molecule has 0 bridgehead atoms. The van der Waals surface area contributed by atoms with E-state index in [0.29, 0.717) is 18.8 Å². The van der Waals surface area contributed by atoms with Gasteiger partial charge in [0.1, 0.15) is 17.0 Å². The van der Waals surface area contributed by atoms with Crippen molar-refractivity contribution < 1.29 is 14.6 Å². The van der Waals surface area contributed by atoms with Crippen molar-refractivity contribution >= 4 is 35.7 Å². The number of piperidine rings is 1. The summed E-state index contributed by atoms with van der Waals surface area (Å²) in [5, 5.41) is 32.2. The van der Waals surface area contributed by atoms with Crippen molar-refractivity contribution in [3.8, 4) is 0 Å². The van der Waals surface area contributed by atoms with E-state index in [9.17, 15) is 14.7 Å². The van der Waals surface area contributed by atoms with Crippen LogP contribution in [-0.2, 0) is 11.3 Å². The number of benzene rings is 1. The average Bonchev–Trinajstić information content (AvgIpc) is 2.84. The van der Waals surface area contributed by atoms with Crippen molar-refractivity contribution in [2.45, 2.75) is 58.3 Å². The molecule has 2 aromatic rings. The molecule has 1 fully saturated rings. The Morgan fingerprint density at radius 2 is 1.81 bits per heavy atom. The molecular formula is C26H35N7O4. The Bertz CT molecular complexity index is 1220. The Morgan fingerprint density at radius 3 is 2.38 bits per heavy atom. The summed E-state index contributed by atoms with van der Waals surface area (Å²) in [6.07, 6.45) is 5.43. The highest BCUT2D eigenvalue weighted by Crippen LogP contribution is 2.25. The number of amides is 1. The summed E-state index contributed by atoms with van der Waals surface area (Å²) in [6, 6.07) is 7.27. The Morgan fingerprint density at radius 1 is 1.19 bits per heavy atom. The van der Waals surface area contributed by atoms with Crippen LogP contribution in [0.15, 0.2) is 47.2 Å². The highest BCUT2D eigenvalue weighted by Gasteiger charge is 2.36. The Balaban J connectivity index is 1.68. The second kappa shape index (κ2) is 11.4. The van der Waals surface area contributed by atoms with E-state index in [1.807, 2.05) is 19.1 Å². The molecule has 37 heavy (non-hydrogen) atoms. The van der Waals surface area contributed by atoms with E-state index in [1.165, 1.54) is 17.1 Å². The third-order valence-corrected chi connectivity index (χ3v) is 5.87. The zero-order chi connectivity index (χ0) is 27.2. The number of hydrogen-bond acceptors (Lipinski definition) is 9. The lowest BCUT2D eigenvalue weighted by Gasteiger charge is -2.38. The second-order valence-corrected chi connectivity index (χ2v) is 10.2. The summed E-state index contributed by atoms with van der Waals surface area (Å²) in [5.74, 6) is 0.239. The number of hydrogen-bond donors (Lipinski definition) is 5. The average molecular weight is 510 g/mol. The fourth-order valence-corrected chi connectivity index (χ4v) is 3.78. The van der Waals surface area contributed by atoms with Crippen LogP contribution in [0.2, 0.25) is 0 Å². The first kappa shape index (κ1) is 27.6. The first-order valence-electron chi connectivity index (χ1n) is 12.0. The molecule has 1 aromatic carbocycles. The number of carbonyl (C=O) groups excluding carboxylic acids is 1. The smallest absolute Gasteiger partial charge is 0.410 e. The van der Waals surface area contributed by atoms with Crippen molar-refractivity contribution in [3.05, 3.63) is 58.3 Å². The minimum atomic E-state index is -1.19. The van der Waals surface area contributed by atoms with Crippen LogP contribution in [0.25, 0.3) is 0 Å². The van der Waals surface area contributed by atoms with Crippen molar-refractivity contribution in [2.75, 3.05) is 23.7 Å². The van der Waals surface area contributed by atoms with Gasteiger partial charge in [-0.3, -0.25) is 9.36 Å². The van der Waals surface area contributed by atoms with E-state index in [2.05, 4.69) is 15.6 Å². The fourth-order valence-electron chi connectivity index (χ4n) is 3.78. The standard InChI is InChI=1S/C26H35N7O4/c1-18(13-27)15-29-19-5-7-20(8-6-19)31-22-21(14-28)23(34)33(17-30-22)16-26(36)9-11-32(12-10-26)24(35)37-25(2,3)4/h5-8,13-15,17,27-29,31,36H,9-12,16H2,1-4H3/b18-15-,27-13?,28-14?. The molecule has 0 atom stereocenters. The number of nitrogens with zero attached hydrogens (tertiary/aromatic N) is 3. The van der Waals surface area contributed by atoms with Gasteiger partial charge in [-0.15, -0.1) is 0 Å². The molecule has 2 heterocycles. The molecule has 0 radical (unpaired) electrons. The zero-order valence-electron chi connectivity index (χ0n) is 21.7. The van der Waals surface area contributed by atoms with Crippen molar-refractivity contribution in [3.63, 3.8) is 0 Å². The molecule has 1 amide bonds. The minimum Gasteiger partial charge on any atom is -0.444 e. The van der Waals surface area contributed by atoms with E-state index < -0.39 is 22.9 Å². The number of aliphatic hydroxyl groups is 1. The van der Waals surface area contributed by atoms with Gasteiger partial charge in [0.2, 0.25) is 0 Å². The zero-order valence-corrected chi connectivity index (χ0v) is 21.7. The molecule has 3 rings (SSSR count). The molecule has 0 unspecified atom stereocenters. The largest absolute Gasteiger partial charge is 0.444 e. The van der Waals surface area contributed by atoms with Crippen LogP contribution < -0.4 is 16.2 Å². The van der Waals surface area contributed by atoms with Gasteiger partial charge in [-0.25, -0.2) is 9.78 Å². The van der Waals surface area contributed by atoms with E-state index >= 15 is 0 Å². The number of ether oxygens (including phenoxy) is 1. The van der Waals surface area contributed by atoms with Crippen molar-refractivity contribution in [2.24, 2.45) is 0 Å². The predicted octanol–water partition coefficient (Wildman–Crippen LogP) is 3.71. The van der Waals surface area contributed by atoms with Crippen LogP contribution in [-0.4, -0.2) is 62.4 Å². The minimum absolute atomic E-state index is 0.00512. The van der Waals surface area contributed by atoms with Crippen LogP contribution in [0, 0.1) is 10.8 Å². The van der Waals surface area contributed by atoms with E-state index in [0.717, 1.165) is 17.5 Å². The van der Waals surface area contributed by atoms with Crippen LogP contribution in [0.3, 0.4) is 0 Å². The molecule has 0 aliphatic carbocycles. The maximum Gasteiger partial charge on any atom is 0.410 e.